The van der Waals surface area contributed by atoms with Crippen LogP contribution in [-0.4, -0.2) is 33.5 Å². The van der Waals surface area contributed by atoms with Gasteiger partial charge in [-0.05, 0) is 12.5 Å². The van der Waals surface area contributed by atoms with Gasteiger partial charge in [0.1, 0.15) is 5.52 Å². The van der Waals surface area contributed by atoms with Crippen LogP contribution in [0.1, 0.15) is 23.2 Å². The molecule has 4 N–H and O–H groups in total. The van der Waals surface area contributed by atoms with E-state index in [2.05, 4.69) is 15.3 Å². The Hall–Kier alpha value is -3.09. The standard InChI is InChI=1S/C16H15N3O4/c20-12(21)6-3-7-17-15(22)10-8-18-14-13(10)9-4-1-2-5-11(9)19-16(14)23/h1-2,4-5,8,18H,3,6-7H2,(H,17,22)(H,19,23)(H,20,21). The molecule has 0 spiro atoms. The van der Waals surface area contributed by atoms with E-state index in [4.69, 9.17) is 5.11 Å². The molecule has 1 amide bonds. The van der Waals surface area contributed by atoms with Crippen molar-refractivity contribution >= 4 is 33.7 Å². The summed E-state index contributed by atoms with van der Waals surface area (Å²) in [6.45, 7) is 0.263. The van der Waals surface area contributed by atoms with E-state index in [-0.39, 0.29) is 24.4 Å². The lowest BCUT2D eigenvalue weighted by molar-refractivity contribution is -0.137. The van der Waals surface area contributed by atoms with Crippen molar-refractivity contribution in [2.45, 2.75) is 12.8 Å². The highest BCUT2D eigenvalue weighted by molar-refractivity contribution is 6.16. The van der Waals surface area contributed by atoms with Crippen molar-refractivity contribution < 1.29 is 14.7 Å². The number of aromatic nitrogens is 2. The lowest BCUT2D eigenvalue weighted by atomic mass is 10.1. The maximum absolute atomic E-state index is 12.3. The van der Waals surface area contributed by atoms with Crippen molar-refractivity contribution in [3.63, 3.8) is 0 Å². The summed E-state index contributed by atoms with van der Waals surface area (Å²) in [5.74, 6) is -1.23. The summed E-state index contributed by atoms with van der Waals surface area (Å²) in [5.41, 5.74) is 1.09. The van der Waals surface area contributed by atoms with Gasteiger partial charge in [0.15, 0.2) is 0 Å². The van der Waals surface area contributed by atoms with Gasteiger partial charge in [0.05, 0.1) is 5.56 Å². The molecule has 0 saturated carbocycles. The summed E-state index contributed by atoms with van der Waals surface area (Å²) < 4.78 is 0. The summed E-state index contributed by atoms with van der Waals surface area (Å²) in [4.78, 5) is 40.5. The van der Waals surface area contributed by atoms with Gasteiger partial charge in [-0.1, -0.05) is 18.2 Å². The molecule has 118 valence electrons. The SMILES string of the molecule is O=C(O)CCCNC(=O)c1c[nH]c2c(=O)[nH]c3ccccc3c12. The molecule has 0 fully saturated rings. The average Bonchev–Trinajstić information content (AvgIpc) is 2.97. The fraction of sp³-hybridized carbons (Fsp3) is 0.188. The summed E-state index contributed by atoms with van der Waals surface area (Å²) in [6.07, 6.45) is 1.85. The molecule has 0 aliphatic heterocycles. The molecular weight excluding hydrogens is 298 g/mol. The molecule has 7 heteroatoms. The molecule has 1 aromatic carbocycles. The predicted octanol–water partition coefficient (Wildman–Crippen LogP) is 1.60. The van der Waals surface area contributed by atoms with Crippen LogP contribution >= 0.6 is 0 Å². The first-order valence-electron chi connectivity index (χ1n) is 7.20. The Morgan fingerprint density at radius 3 is 2.78 bits per heavy atom. The molecule has 7 nitrogen and oxygen atoms in total. The molecule has 0 aliphatic carbocycles. The van der Waals surface area contributed by atoms with Gasteiger partial charge in [-0.25, -0.2) is 0 Å². The molecule has 0 aliphatic rings. The van der Waals surface area contributed by atoms with Crippen molar-refractivity contribution in [2.24, 2.45) is 0 Å². The molecule has 0 saturated heterocycles. The molecule has 0 radical (unpaired) electrons. The van der Waals surface area contributed by atoms with Crippen LogP contribution in [-0.2, 0) is 4.79 Å². The second kappa shape index (κ2) is 5.96. The molecule has 3 aromatic rings. The van der Waals surface area contributed by atoms with Crippen molar-refractivity contribution in [1.82, 2.24) is 15.3 Å². The summed E-state index contributed by atoms with van der Waals surface area (Å²) in [5, 5.41) is 12.6. The molecule has 23 heavy (non-hydrogen) atoms. The van der Waals surface area contributed by atoms with E-state index in [1.165, 1.54) is 6.20 Å². The second-order valence-electron chi connectivity index (χ2n) is 5.21. The zero-order chi connectivity index (χ0) is 16.4. The number of hydrogen-bond donors (Lipinski definition) is 4. The minimum Gasteiger partial charge on any atom is -0.481 e. The van der Waals surface area contributed by atoms with Crippen LogP contribution in [0.4, 0.5) is 0 Å². The van der Waals surface area contributed by atoms with E-state index < -0.39 is 5.97 Å². The Bertz CT molecular complexity index is 955. The highest BCUT2D eigenvalue weighted by atomic mass is 16.4. The Balaban J connectivity index is 1.97. The van der Waals surface area contributed by atoms with E-state index in [0.29, 0.717) is 28.4 Å². The maximum Gasteiger partial charge on any atom is 0.303 e. The van der Waals surface area contributed by atoms with Crippen LogP contribution in [0.3, 0.4) is 0 Å². The molecule has 3 rings (SSSR count). The largest absolute Gasteiger partial charge is 0.481 e. The Morgan fingerprint density at radius 2 is 2.00 bits per heavy atom. The number of para-hydroxylation sites is 1. The molecule has 2 heterocycles. The van der Waals surface area contributed by atoms with Crippen LogP contribution in [0.5, 0.6) is 0 Å². The number of aromatic amines is 2. The summed E-state index contributed by atoms with van der Waals surface area (Å²) >= 11 is 0. The van der Waals surface area contributed by atoms with E-state index in [1.807, 2.05) is 18.2 Å². The normalized spacial score (nSPS) is 11.0. The van der Waals surface area contributed by atoms with Gasteiger partial charge < -0.3 is 20.4 Å². The zero-order valence-electron chi connectivity index (χ0n) is 12.2. The lowest BCUT2D eigenvalue weighted by Gasteiger charge is -2.05. The highest BCUT2D eigenvalue weighted by Crippen LogP contribution is 2.24. The number of fused-ring (bicyclic) bond motifs is 3. The first-order chi connectivity index (χ1) is 11.1. The Kier molecular flexibility index (Phi) is 3.84. The van der Waals surface area contributed by atoms with Gasteiger partial charge in [0.25, 0.3) is 11.5 Å². The molecule has 2 aromatic heterocycles. The number of carboxylic acids is 1. The monoisotopic (exact) mass is 313 g/mol. The molecule has 0 atom stereocenters. The number of pyridine rings is 1. The first-order valence-corrected chi connectivity index (χ1v) is 7.20. The van der Waals surface area contributed by atoms with Gasteiger partial charge in [-0.2, -0.15) is 0 Å². The Labute approximate surface area is 130 Å². The molecule has 0 unspecified atom stereocenters. The third-order valence-corrected chi connectivity index (χ3v) is 3.65. The smallest absolute Gasteiger partial charge is 0.303 e. The number of benzene rings is 1. The van der Waals surface area contributed by atoms with Crippen LogP contribution in [0.2, 0.25) is 0 Å². The van der Waals surface area contributed by atoms with Crippen LogP contribution < -0.4 is 10.9 Å². The topological polar surface area (TPSA) is 115 Å². The van der Waals surface area contributed by atoms with Crippen molar-refractivity contribution in [1.29, 1.82) is 0 Å². The van der Waals surface area contributed by atoms with Gasteiger partial charge in [-0.15, -0.1) is 0 Å². The zero-order valence-corrected chi connectivity index (χ0v) is 12.2. The minimum atomic E-state index is -0.899. The third kappa shape index (κ3) is 2.80. The van der Waals surface area contributed by atoms with Gasteiger partial charge in [0.2, 0.25) is 0 Å². The maximum atomic E-state index is 12.3. The highest BCUT2D eigenvalue weighted by Gasteiger charge is 2.16. The minimum absolute atomic E-state index is 0.00321. The number of aliphatic carboxylic acids is 1. The van der Waals surface area contributed by atoms with Crippen molar-refractivity contribution in [2.75, 3.05) is 6.54 Å². The fourth-order valence-electron chi connectivity index (χ4n) is 2.59. The van der Waals surface area contributed by atoms with Gasteiger partial charge in [-0.3, -0.25) is 14.4 Å². The number of carboxylic acid groups (broad SMARTS) is 1. The summed E-state index contributed by atoms with van der Waals surface area (Å²) in [7, 11) is 0. The summed E-state index contributed by atoms with van der Waals surface area (Å²) in [6, 6.07) is 7.25. The van der Waals surface area contributed by atoms with Gasteiger partial charge in [0, 0.05) is 35.5 Å². The van der Waals surface area contributed by atoms with Gasteiger partial charge >= 0.3 is 5.97 Å². The number of amides is 1. The lowest BCUT2D eigenvalue weighted by Crippen LogP contribution is -2.24. The predicted molar refractivity (Wildman–Crippen MR) is 85.6 cm³/mol. The first kappa shape index (κ1) is 14.8. The molecule has 0 bridgehead atoms. The van der Waals surface area contributed by atoms with Crippen LogP contribution in [0, 0.1) is 0 Å². The van der Waals surface area contributed by atoms with E-state index in [0.717, 1.165) is 5.39 Å². The van der Waals surface area contributed by atoms with E-state index in [1.54, 1.807) is 6.07 Å². The quantitative estimate of drug-likeness (QED) is 0.535. The van der Waals surface area contributed by atoms with E-state index >= 15 is 0 Å². The second-order valence-corrected chi connectivity index (χ2v) is 5.21. The molecular formula is C16H15N3O4. The van der Waals surface area contributed by atoms with Crippen LogP contribution in [0.15, 0.2) is 35.3 Å². The number of nitrogens with one attached hydrogen (secondary N) is 3. The Morgan fingerprint density at radius 1 is 1.22 bits per heavy atom. The number of H-pyrrole nitrogens is 2. The fourth-order valence-corrected chi connectivity index (χ4v) is 2.59. The number of carbonyl (C=O) groups is 2. The van der Waals surface area contributed by atoms with Crippen LogP contribution in [0.25, 0.3) is 21.8 Å². The number of carbonyl (C=O) groups excluding carboxylic acids is 1. The number of hydrogen-bond acceptors (Lipinski definition) is 3. The third-order valence-electron chi connectivity index (χ3n) is 3.65. The van der Waals surface area contributed by atoms with Crippen molar-refractivity contribution in [3.8, 4) is 0 Å². The number of rotatable bonds is 5. The van der Waals surface area contributed by atoms with Crippen molar-refractivity contribution in [3.05, 3.63) is 46.4 Å². The van der Waals surface area contributed by atoms with E-state index in [9.17, 15) is 14.4 Å². The average molecular weight is 313 g/mol.